The molecule has 0 spiro atoms. The van der Waals surface area contributed by atoms with Crippen molar-refractivity contribution in [2.24, 2.45) is 14.1 Å². The predicted molar refractivity (Wildman–Crippen MR) is 55.0 cm³/mol. The van der Waals surface area contributed by atoms with Gasteiger partial charge in [-0.3, -0.25) is 9.36 Å². The highest BCUT2D eigenvalue weighted by molar-refractivity contribution is 7.98. The zero-order chi connectivity index (χ0) is 9.71. The predicted octanol–water partition coefficient (Wildman–Crippen LogP) is 1.43. The summed E-state index contributed by atoms with van der Waals surface area (Å²) in [6.45, 7) is 0. The molecule has 2 aromatic rings. The van der Waals surface area contributed by atoms with Gasteiger partial charge < -0.3 is 0 Å². The maximum atomic E-state index is 4.28. The molecular formula is C9H10N4S. The van der Waals surface area contributed by atoms with Gasteiger partial charge in [0, 0.05) is 25.4 Å². The lowest BCUT2D eigenvalue weighted by atomic mass is 10.2. The van der Waals surface area contributed by atoms with Crippen LogP contribution in [0.1, 0.15) is 5.69 Å². The molecule has 0 fully saturated rings. The average Bonchev–Trinajstić information content (AvgIpc) is 2.72. The molecule has 1 aliphatic rings. The van der Waals surface area contributed by atoms with E-state index < -0.39 is 0 Å². The molecule has 1 aliphatic heterocycles. The lowest BCUT2D eigenvalue weighted by Crippen LogP contribution is -2.03. The third-order valence-electron chi connectivity index (χ3n) is 2.59. The average molecular weight is 206 g/mol. The molecule has 0 unspecified atom stereocenters. The van der Waals surface area contributed by atoms with Crippen molar-refractivity contribution in [2.45, 2.75) is 10.6 Å². The van der Waals surface area contributed by atoms with Crippen LogP contribution in [0.5, 0.6) is 0 Å². The van der Waals surface area contributed by atoms with Crippen molar-refractivity contribution < 1.29 is 0 Å². The van der Waals surface area contributed by atoms with E-state index in [-0.39, 0.29) is 0 Å². The molecule has 0 bridgehead atoms. The number of nitrogens with zero attached hydrogens (tertiary/aromatic N) is 4. The third kappa shape index (κ3) is 0.901. The van der Waals surface area contributed by atoms with Gasteiger partial charge in [0.2, 0.25) is 0 Å². The fourth-order valence-electron chi connectivity index (χ4n) is 1.81. The Balaban J connectivity index is 2.32. The summed E-state index contributed by atoms with van der Waals surface area (Å²) in [4.78, 5) is 1.26. The summed E-state index contributed by atoms with van der Waals surface area (Å²) >= 11 is 1.83. The molecule has 3 rings (SSSR count). The largest absolute Gasteiger partial charge is 0.271 e. The number of fused-ring (bicyclic) bond motifs is 3. The number of hydrogen-bond donors (Lipinski definition) is 0. The Labute approximate surface area is 85.9 Å². The minimum atomic E-state index is 0.991. The van der Waals surface area contributed by atoms with Gasteiger partial charge in [-0.2, -0.15) is 10.2 Å². The van der Waals surface area contributed by atoms with Crippen molar-refractivity contribution in [3.8, 4) is 11.3 Å². The maximum Gasteiger partial charge on any atom is 0.0849 e. The van der Waals surface area contributed by atoms with Crippen LogP contribution >= 0.6 is 11.8 Å². The minimum Gasteiger partial charge on any atom is -0.271 e. The first-order valence-corrected chi connectivity index (χ1v) is 5.42. The van der Waals surface area contributed by atoms with Crippen molar-refractivity contribution in [1.29, 1.82) is 0 Å². The van der Waals surface area contributed by atoms with Gasteiger partial charge in [-0.05, 0) is 0 Å². The fourth-order valence-corrected chi connectivity index (χ4v) is 2.94. The van der Waals surface area contributed by atoms with E-state index in [2.05, 4.69) is 10.2 Å². The summed E-state index contributed by atoms with van der Waals surface area (Å²) in [6.07, 6.45) is 3.85. The van der Waals surface area contributed by atoms with E-state index in [1.54, 1.807) is 0 Å². The molecule has 0 N–H and O–H groups in total. The molecule has 14 heavy (non-hydrogen) atoms. The van der Waals surface area contributed by atoms with E-state index in [4.69, 9.17) is 0 Å². The number of aromatic nitrogens is 4. The van der Waals surface area contributed by atoms with Crippen LogP contribution in [0.2, 0.25) is 0 Å². The summed E-state index contributed by atoms with van der Waals surface area (Å²) in [5.41, 5.74) is 3.71. The summed E-state index contributed by atoms with van der Waals surface area (Å²) in [5, 5.41) is 8.55. The Bertz CT molecular complexity index is 497. The second kappa shape index (κ2) is 2.63. The van der Waals surface area contributed by atoms with Gasteiger partial charge in [-0.1, -0.05) is 0 Å². The normalized spacial score (nSPS) is 13.9. The SMILES string of the molecule is Cn1ncc2c1CSc1cnn(C)c1-2. The molecule has 0 aromatic carbocycles. The summed E-state index contributed by atoms with van der Waals surface area (Å²) in [7, 11) is 3.96. The van der Waals surface area contributed by atoms with E-state index in [0.29, 0.717) is 0 Å². The van der Waals surface area contributed by atoms with E-state index in [0.717, 1.165) is 5.75 Å². The Morgan fingerprint density at radius 3 is 2.86 bits per heavy atom. The Morgan fingerprint density at radius 2 is 2.00 bits per heavy atom. The first-order valence-electron chi connectivity index (χ1n) is 4.43. The highest BCUT2D eigenvalue weighted by atomic mass is 32.2. The van der Waals surface area contributed by atoms with Crippen LogP contribution in [-0.4, -0.2) is 19.6 Å². The Morgan fingerprint density at radius 1 is 1.21 bits per heavy atom. The van der Waals surface area contributed by atoms with Crippen LogP contribution in [0, 0.1) is 0 Å². The monoisotopic (exact) mass is 206 g/mol. The zero-order valence-electron chi connectivity index (χ0n) is 8.06. The number of hydrogen-bond acceptors (Lipinski definition) is 3. The van der Waals surface area contributed by atoms with Gasteiger partial charge in [0.05, 0.1) is 28.7 Å². The van der Waals surface area contributed by atoms with E-state index in [1.165, 1.54) is 21.8 Å². The molecule has 0 atom stereocenters. The Hall–Kier alpha value is -1.23. The second-order valence-corrected chi connectivity index (χ2v) is 4.42. The molecule has 0 saturated heterocycles. The van der Waals surface area contributed by atoms with Crippen molar-refractivity contribution in [3.63, 3.8) is 0 Å². The minimum absolute atomic E-state index is 0.991. The molecule has 0 aliphatic carbocycles. The van der Waals surface area contributed by atoms with Crippen molar-refractivity contribution in [3.05, 3.63) is 18.1 Å². The smallest absolute Gasteiger partial charge is 0.0849 e. The van der Waals surface area contributed by atoms with Gasteiger partial charge in [0.1, 0.15) is 0 Å². The standard InChI is InChI=1S/C9H10N4S/c1-12-7-5-14-8-4-11-13(2)9(8)6(7)3-10-12/h3-4H,5H2,1-2H3. The molecule has 0 radical (unpaired) electrons. The topological polar surface area (TPSA) is 35.6 Å². The highest BCUT2D eigenvalue weighted by Gasteiger charge is 2.23. The number of thioether (sulfide) groups is 1. The Kier molecular flexibility index (Phi) is 1.53. The van der Waals surface area contributed by atoms with E-state index in [1.807, 2.05) is 47.6 Å². The van der Waals surface area contributed by atoms with Crippen LogP contribution in [-0.2, 0) is 19.8 Å². The summed E-state index contributed by atoms with van der Waals surface area (Å²) < 4.78 is 3.86. The lowest BCUT2D eigenvalue weighted by molar-refractivity contribution is 0.734. The van der Waals surface area contributed by atoms with Gasteiger partial charge >= 0.3 is 0 Å². The quantitative estimate of drug-likeness (QED) is 0.654. The van der Waals surface area contributed by atoms with Gasteiger partial charge in [-0.15, -0.1) is 11.8 Å². The van der Waals surface area contributed by atoms with E-state index >= 15 is 0 Å². The van der Waals surface area contributed by atoms with Gasteiger partial charge in [-0.25, -0.2) is 0 Å². The summed E-state index contributed by atoms with van der Waals surface area (Å²) in [5.74, 6) is 0.991. The molecule has 2 aromatic heterocycles. The van der Waals surface area contributed by atoms with Crippen molar-refractivity contribution in [2.75, 3.05) is 0 Å². The van der Waals surface area contributed by atoms with Crippen molar-refractivity contribution >= 4 is 11.8 Å². The molecule has 0 amide bonds. The number of aryl methyl sites for hydroxylation is 2. The van der Waals surface area contributed by atoms with Crippen LogP contribution in [0.3, 0.4) is 0 Å². The summed E-state index contributed by atoms with van der Waals surface area (Å²) in [6, 6.07) is 0. The first-order chi connectivity index (χ1) is 6.77. The first kappa shape index (κ1) is 8.11. The van der Waals surface area contributed by atoms with Crippen LogP contribution in [0.15, 0.2) is 17.3 Å². The molecule has 0 saturated carbocycles. The van der Waals surface area contributed by atoms with E-state index in [9.17, 15) is 0 Å². The molecule has 72 valence electrons. The lowest BCUT2D eigenvalue weighted by Gasteiger charge is -2.13. The molecule has 4 nitrogen and oxygen atoms in total. The van der Waals surface area contributed by atoms with Crippen LogP contribution in [0.25, 0.3) is 11.3 Å². The van der Waals surface area contributed by atoms with Gasteiger partial charge in [0.15, 0.2) is 0 Å². The molecular weight excluding hydrogens is 196 g/mol. The second-order valence-electron chi connectivity index (χ2n) is 3.40. The molecule has 3 heterocycles. The third-order valence-corrected chi connectivity index (χ3v) is 3.61. The van der Waals surface area contributed by atoms with Crippen molar-refractivity contribution in [1.82, 2.24) is 19.6 Å². The van der Waals surface area contributed by atoms with Crippen LogP contribution < -0.4 is 0 Å². The molecule has 5 heteroatoms. The maximum absolute atomic E-state index is 4.28. The van der Waals surface area contributed by atoms with Crippen LogP contribution in [0.4, 0.5) is 0 Å². The van der Waals surface area contributed by atoms with Gasteiger partial charge in [0.25, 0.3) is 0 Å². The highest BCUT2D eigenvalue weighted by Crippen LogP contribution is 2.40. The number of rotatable bonds is 0. The zero-order valence-corrected chi connectivity index (χ0v) is 8.88. The fraction of sp³-hybridized carbons (Fsp3) is 0.333.